The summed E-state index contributed by atoms with van der Waals surface area (Å²) in [5, 5.41) is 12.7. The molecule has 0 saturated carbocycles. The van der Waals surface area contributed by atoms with Crippen molar-refractivity contribution in [3.05, 3.63) is 65.1 Å². The van der Waals surface area contributed by atoms with E-state index in [0.717, 1.165) is 22.6 Å². The van der Waals surface area contributed by atoms with Crippen molar-refractivity contribution in [3.63, 3.8) is 0 Å². The number of ether oxygens (including phenoxy) is 1. The largest absolute Gasteiger partial charge is 0.487 e. The second kappa shape index (κ2) is 7.33. The fourth-order valence-electron chi connectivity index (χ4n) is 3.43. The van der Waals surface area contributed by atoms with E-state index >= 15 is 0 Å². The van der Waals surface area contributed by atoms with Crippen LogP contribution in [0, 0.1) is 6.92 Å². The number of nitrogens with zero attached hydrogens (tertiary/aromatic N) is 4. The molecule has 1 aliphatic rings. The highest BCUT2D eigenvalue weighted by atomic mass is 32.1. The topological polar surface area (TPSA) is 118 Å². The number of nitrogens with one attached hydrogen (secondary N) is 1. The van der Waals surface area contributed by atoms with E-state index in [4.69, 9.17) is 4.74 Å². The quantitative estimate of drug-likeness (QED) is 0.480. The number of aryl methyl sites for hydroxylation is 1. The first-order valence-corrected chi connectivity index (χ1v) is 10.1. The maximum absolute atomic E-state index is 12.9. The Morgan fingerprint density at radius 2 is 2.10 bits per heavy atom. The number of urea groups is 1. The van der Waals surface area contributed by atoms with Crippen LogP contribution < -0.4 is 15.0 Å². The third kappa shape index (κ3) is 3.22. The van der Waals surface area contributed by atoms with Crippen LogP contribution in [0.4, 0.5) is 22.0 Å². The van der Waals surface area contributed by atoms with Gasteiger partial charge in [0.25, 0.3) is 0 Å². The highest BCUT2D eigenvalue weighted by Gasteiger charge is 2.33. The molecule has 10 heteroatoms. The predicted molar refractivity (Wildman–Crippen MR) is 115 cm³/mol. The van der Waals surface area contributed by atoms with Gasteiger partial charge in [0, 0.05) is 6.20 Å². The average Bonchev–Trinajstić information content (AvgIpc) is 3.14. The molecule has 0 bridgehead atoms. The highest BCUT2D eigenvalue weighted by molar-refractivity contribution is 7.21. The third-order valence-corrected chi connectivity index (χ3v) is 5.91. The van der Waals surface area contributed by atoms with Gasteiger partial charge < -0.3 is 15.2 Å². The number of carbonyl (C=O) groups excluding carboxylic acids is 1. The average molecular weight is 433 g/mol. The molecular weight excluding hydrogens is 418 g/mol. The van der Waals surface area contributed by atoms with E-state index in [-0.39, 0.29) is 10.6 Å². The SMILES string of the molecule is Cc1cc(N2C(=O)Nc3c(C(=O)O)sc4ncnc2c34)ccc1OCc1ccccn1. The van der Waals surface area contributed by atoms with Crippen LogP contribution in [0.3, 0.4) is 0 Å². The van der Waals surface area contributed by atoms with E-state index in [1.807, 2.05) is 31.2 Å². The summed E-state index contributed by atoms with van der Waals surface area (Å²) < 4.78 is 5.86. The van der Waals surface area contributed by atoms with Crippen LogP contribution in [0.15, 0.2) is 48.9 Å². The van der Waals surface area contributed by atoms with Crippen LogP contribution in [-0.4, -0.2) is 32.1 Å². The summed E-state index contributed by atoms with van der Waals surface area (Å²) in [6.45, 7) is 2.21. The van der Waals surface area contributed by atoms with Crippen molar-refractivity contribution in [3.8, 4) is 5.75 Å². The minimum Gasteiger partial charge on any atom is -0.487 e. The smallest absolute Gasteiger partial charge is 0.348 e. The van der Waals surface area contributed by atoms with Crippen LogP contribution >= 0.6 is 11.3 Å². The first-order valence-electron chi connectivity index (χ1n) is 9.28. The molecule has 9 nitrogen and oxygen atoms in total. The molecule has 5 rings (SSSR count). The van der Waals surface area contributed by atoms with Gasteiger partial charge in [0.05, 0.1) is 22.5 Å². The number of benzene rings is 1. The Labute approximate surface area is 180 Å². The summed E-state index contributed by atoms with van der Waals surface area (Å²) in [7, 11) is 0. The van der Waals surface area contributed by atoms with Gasteiger partial charge in [-0.25, -0.2) is 24.5 Å². The molecule has 1 aromatic carbocycles. The van der Waals surface area contributed by atoms with Crippen molar-refractivity contribution in [1.82, 2.24) is 15.0 Å². The summed E-state index contributed by atoms with van der Waals surface area (Å²) in [5.74, 6) is -0.110. The summed E-state index contributed by atoms with van der Waals surface area (Å²) in [6.07, 6.45) is 3.03. The number of rotatable bonds is 5. The van der Waals surface area contributed by atoms with Gasteiger partial charge in [0.15, 0.2) is 5.82 Å². The lowest BCUT2D eigenvalue weighted by Gasteiger charge is -2.27. The summed E-state index contributed by atoms with van der Waals surface area (Å²) in [5.41, 5.74) is 2.45. The number of pyridine rings is 1. The molecule has 154 valence electrons. The van der Waals surface area contributed by atoms with E-state index in [1.54, 1.807) is 18.3 Å². The van der Waals surface area contributed by atoms with Crippen LogP contribution in [0.5, 0.6) is 5.75 Å². The van der Waals surface area contributed by atoms with Gasteiger partial charge in [-0.15, -0.1) is 11.3 Å². The normalized spacial score (nSPS) is 12.7. The highest BCUT2D eigenvalue weighted by Crippen LogP contribution is 2.44. The molecule has 0 aliphatic carbocycles. The predicted octanol–water partition coefficient (Wildman–Crippen LogP) is 4.36. The summed E-state index contributed by atoms with van der Waals surface area (Å²) >= 11 is 1.00. The van der Waals surface area contributed by atoms with Gasteiger partial charge in [0.2, 0.25) is 0 Å². The number of carboxylic acid groups (broad SMARTS) is 1. The van der Waals surface area contributed by atoms with Crippen molar-refractivity contribution in [2.24, 2.45) is 0 Å². The molecule has 0 radical (unpaired) electrons. The number of aromatic nitrogens is 3. The minimum absolute atomic E-state index is 0.0270. The number of carboxylic acids is 1. The number of thiophene rings is 1. The molecule has 4 heterocycles. The van der Waals surface area contributed by atoms with Crippen molar-refractivity contribution < 1.29 is 19.4 Å². The lowest BCUT2D eigenvalue weighted by atomic mass is 10.1. The molecular formula is C21H15N5O4S. The number of amides is 2. The number of aromatic carboxylic acids is 1. The molecule has 3 aromatic heterocycles. The molecule has 2 amide bonds. The standard InChI is InChI=1S/C21H15N5O4S/c1-11-8-13(5-6-14(11)30-9-12-4-2-3-7-22-12)26-18-15-16(25-21(26)29)17(20(27)28)31-19(15)24-10-23-18/h2-8,10H,9H2,1H3,(H,25,29)(H,27,28). The second-order valence-electron chi connectivity index (χ2n) is 6.81. The van der Waals surface area contributed by atoms with E-state index in [2.05, 4.69) is 20.3 Å². The van der Waals surface area contributed by atoms with Gasteiger partial charge in [0.1, 0.15) is 28.4 Å². The van der Waals surface area contributed by atoms with Gasteiger partial charge >= 0.3 is 12.0 Å². The maximum atomic E-state index is 12.9. The maximum Gasteiger partial charge on any atom is 0.348 e. The third-order valence-electron chi connectivity index (χ3n) is 4.83. The van der Waals surface area contributed by atoms with Gasteiger partial charge in [-0.1, -0.05) is 6.07 Å². The van der Waals surface area contributed by atoms with Crippen LogP contribution in [-0.2, 0) is 6.61 Å². The van der Waals surface area contributed by atoms with E-state index < -0.39 is 12.0 Å². The Bertz CT molecular complexity index is 1340. The number of hydrogen-bond acceptors (Lipinski definition) is 7. The first kappa shape index (κ1) is 18.9. The second-order valence-corrected chi connectivity index (χ2v) is 7.81. The zero-order valence-corrected chi connectivity index (χ0v) is 17.0. The van der Waals surface area contributed by atoms with Crippen molar-refractivity contribution >= 4 is 50.7 Å². The Kier molecular flexibility index (Phi) is 4.48. The van der Waals surface area contributed by atoms with Gasteiger partial charge in [-0.3, -0.25) is 4.98 Å². The number of anilines is 3. The Hall–Kier alpha value is -4.05. The van der Waals surface area contributed by atoms with E-state index in [0.29, 0.717) is 34.1 Å². The van der Waals surface area contributed by atoms with Gasteiger partial charge in [-0.2, -0.15) is 0 Å². The Balaban J connectivity index is 1.51. The summed E-state index contributed by atoms with van der Waals surface area (Å²) in [4.78, 5) is 39.1. The van der Waals surface area contributed by atoms with Crippen LogP contribution in [0.25, 0.3) is 10.2 Å². The molecule has 1 aliphatic heterocycles. The zero-order valence-electron chi connectivity index (χ0n) is 16.2. The molecule has 2 N–H and O–H groups in total. The fourth-order valence-corrected chi connectivity index (χ4v) is 4.36. The first-order chi connectivity index (χ1) is 15.0. The monoisotopic (exact) mass is 433 g/mol. The molecule has 0 saturated heterocycles. The number of hydrogen-bond donors (Lipinski definition) is 2. The van der Waals surface area contributed by atoms with E-state index in [9.17, 15) is 14.7 Å². The van der Waals surface area contributed by atoms with E-state index in [1.165, 1.54) is 11.2 Å². The fraction of sp³-hybridized carbons (Fsp3) is 0.0952. The molecule has 4 aromatic rings. The Morgan fingerprint density at radius 1 is 1.23 bits per heavy atom. The van der Waals surface area contributed by atoms with Crippen molar-refractivity contribution in [2.45, 2.75) is 13.5 Å². The lowest BCUT2D eigenvalue weighted by molar-refractivity contribution is 0.0703. The molecule has 0 atom stereocenters. The van der Waals surface area contributed by atoms with Crippen molar-refractivity contribution in [2.75, 3.05) is 10.2 Å². The molecule has 0 spiro atoms. The molecule has 31 heavy (non-hydrogen) atoms. The number of carbonyl (C=O) groups is 2. The molecule has 0 unspecified atom stereocenters. The Morgan fingerprint density at radius 3 is 2.84 bits per heavy atom. The van der Waals surface area contributed by atoms with Crippen LogP contribution in [0.1, 0.15) is 20.9 Å². The zero-order chi connectivity index (χ0) is 21.5. The van der Waals surface area contributed by atoms with Gasteiger partial charge in [-0.05, 0) is 42.8 Å². The molecule has 0 fully saturated rings. The minimum atomic E-state index is -1.12. The van der Waals surface area contributed by atoms with Crippen molar-refractivity contribution in [1.29, 1.82) is 0 Å². The van der Waals surface area contributed by atoms with Crippen LogP contribution in [0.2, 0.25) is 0 Å². The lowest BCUT2D eigenvalue weighted by Crippen LogP contribution is -2.34. The summed E-state index contributed by atoms with van der Waals surface area (Å²) in [6, 6.07) is 10.5.